The van der Waals surface area contributed by atoms with Crippen molar-refractivity contribution in [3.05, 3.63) is 60.4 Å². The molecule has 0 unspecified atom stereocenters. The lowest BCUT2D eigenvalue weighted by atomic mass is 10.2. The third-order valence-electron chi connectivity index (χ3n) is 2.30. The molecule has 0 aliphatic rings. The Balaban J connectivity index is 2.09. The maximum absolute atomic E-state index is 9.53. The Morgan fingerprint density at radius 2 is 1.71 bits per heavy atom. The first-order chi connectivity index (χ1) is 8.27. The second kappa shape index (κ2) is 5.07. The quantitative estimate of drug-likeness (QED) is 0.626. The van der Waals surface area contributed by atoms with Crippen LogP contribution >= 0.6 is 0 Å². The number of nitrogen functional groups attached to an aromatic ring is 1. The Labute approximate surface area is 99.8 Å². The largest absolute Gasteiger partial charge is 0.507 e. The number of nitrogens with two attached hydrogens (primary N) is 1. The normalized spacial score (nSPS) is 10.6. The lowest BCUT2D eigenvalue weighted by molar-refractivity contribution is 0.471. The second-order valence-corrected chi connectivity index (χ2v) is 3.52. The van der Waals surface area contributed by atoms with Gasteiger partial charge in [0.15, 0.2) is 0 Å². The fourth-order valence-electron chi connectivity index (χ4n) is 1.40. The minimum atomic E-state index is 0.216. The minimum Gasteiger partial charge on any atom is -0.507 e. The lowest BCUT2D eigenvalue weighted by Gasteiger charge is -2.03. The topological polar surface area (TPSA) is 55.5 Å². The van der Waals surface area contributed by atoms with E-state index in [-0.39, 0.29) is 5.75 Å². The molecule has 0 atom stereocenters. The number of benzene rings is 2. The zero-order valence-electron chi connectivity index (χ0n) is 9.21. The summed E-state index contributed by atoms with van der Waals surface area (Å²) in [6, 6.07) is 14.3. The minimum absolute atomic E-state index is 0.216. The van der Waals surface area contributed by atoms with Gasteiger partial charge >= 0.3 is 0 Å². The smallest absolute Gasteiger partial charge is 0.149 e. The third kappa shape index (κ3) is 2.78. The summed E-state index contributed by atoms with van der Waals surface area (Å²) >= 11 is 0. The molecule has 3 heteroatoms. The highest BCUT2D eigenvalue weighted by molar-refractivity contribution is 5.57. The van der Waals surface area contributed by atoms with Crippen LogP contribution in [0.4, 0.5) is 5.69 Å². The molecule has 0 saturated carbocycles. The lowest BCUT2D eigenvalue weighted by Crippen LogP contribution is -1.90. The average Bonchev–Trinajstić information content (AvgIpc) is 2.34. The van der Waals surface area contributed by atoms with Gasteiger partial charge in [0.05, 0.1) is 11.9 Å². The molecule has 0 aromatic heterocycles. The predicted octanol–water partition coefficient (Wildman–Crippen LogP) is 3.02. The van der Waals surface area contributed by atoms with E-state index in [0.29, 0.717) is 17.0 Å². The number of aromatic hydroxyl groups is 1. The van der Waals surface area contributed by atoms with Crippen LogP contribution in [-0.2, 0) is 0 Å². The van der Waals surface area contributed by atoms with E-state index in [2.05, 4.69) is 0 Å². The molecular formula is C14H13NO2. The van der Waals surface area contributed by atoms with E-state index in [0.717, 1.165) is 0 Å². The van der Waals surface area contributed by atoms with Gasteiger partial charge in [0.25, 0.3) is 0 Å². The Bertz CT molecular complexity index is 535. The number of anilines is 1. The molecule has 2 aromatic rings. The van der Waals surface area contributed by atoms with Gasteiger partial charge in [-0.15, -0.1) is 0 Å². The molecule has 0 spiro atoms. The summed E-state index contributed by atoms with van der Waals surface area (Å²) in [5, 5.41) is 9.53. The molecule has 0 heterocycles. The molecule has 0 bridgehead atoms. The van der Waals surface area contributed by atoms with Crippen molar-refractivity contribution < 1.29 is 9.84 Å². The van der Waals surface area contributed by atoms with Crippen LogP contribution in [0.5, 0.6) is 11.5 Å². The van der Waals surface area contributed by atoms with Crippen LogP contribution in [0.15, 0.2) is 54.8 Å². The molecule has 0 fully saturated rings. The van der Waals surface area contributed by atoms with Crippen molar-refractivity contribution in [2.24, 2.45) is 0 Å². The van der Waals surface area contributed by atoms with Gasteiger partial charge in [-0.1, -0.05) is 30.3 Å². The van der Waals surface area contributed by atoms with Gasteiger partial charge in [0.1, 0.15) is 11.5 Å². The van der Waals surface area contributed by atoms with Crippen molar-refractivity contribution in [2.75, 3.05) is 5.73 Å². The van der Waals surface area contributed by atoms with Gasteiger partial charge in [-0.3, -0.25) is 0 Å². The summed E-state index contributed by atoms with van der Waals surface area (Å²) in [7, 11) is 0. The first-order valence-corrected chi connectivity index (χ1v) is 5.23. The van der Waals surface area contributed by atoms with Crippen molar-refractivity contribution in [1.82, 2.24) is 0 Å². The molecule has 0 aliphatic carbocycles. The zero-order valence-corrected chi connectivity index (χ0v) is 9.21. The van der Waals surface area contributed by atoms with Gasteiger partial charge in [-0.2, -0.15) is 0 Å². The number of hydrogen-bond donors (Lipinski definition) is 2. The number of phenols is 1. The molecule has 0 saturated heterocycles. The zero-order chi connectivity index (χ0) is 12.1. The van der Waals surface area contributed by atoms with Crippen molar-refractivity contribution >= 4 is 11.8 Å². The van der Waals surface area contributed by atoms with E-state index in [1.165, 1.54) is 6.26 Å². The summed E-state index contributed by atoms with van der Waals surface area (Å²) in [4.78, 5) is 0. The number of phenolic OH excluding ortho intramolecular Hbond substituents is 1. The van der Waals surface area contributed by atoms with Crippen LogP contribution in [0.2, 0.25) is 0 Å². The van der Waals surface area contributed by atoms with Crippen LogP contribution in [-0.4, -0.2) is 5.11 Å². The van der Waals surface area contributed by atoms with Gasteiger partial charge < -0.3 is 15.6 Å². The molecule has 0 amide bonds. The van der Waals surface area contributed by atoms with Crippen LogP contribution in [0.1, 0.15) is 5.56 Å². The van der Waals surface area contributed by atoms with Crippen LogP contribution in [0.3, 0.4) is 0 Å². The van der Waals surface area contributed by atoms with E-state index in [1.807, 2.05) is 18.2 Å². The molecular weight excluding hydrogens is 214 g/mol. The van der Waals surface area contributed by atoms with Crippen molar-refractivity contribution in [2.45, 2.75) is 0 Å². The Hall–Kier alpha value is -2.42. The van der Waals surface area contributed by atoms with Gasteiger partial charge in [0, 0.05) is 5.56 Å². The number of rotatable bonds is 3. The standard InChI is InChI=1S/C14H13NO2/c15-12-6-2-4-8-14(12)17-10-9-11-5-1-3-7-13(11)16/h1-10,16H,15H2. The van der Waals surface area contributed by atoms with Crippen molar-refractivity contribution in [1.29, 1.82) is 0 Å². The monoisotopic (exact) mass is 227 g/mol. The first kappa shape index (κ1) is 11.1. The second-order valence-electron chi connectivity index (χ2n) is 3.52. The number of ether oxygens (including phenoxy) is 1. The van der Waals surface area contributed by atoms with Crippen molar-refractivity contribution in [3.8, 4) is 11.5 Å². The van der Waals surface area contributed by atoms with Crippen LogP contribution in [0, 0.1) is 0 Å². The maximum atomic E-state index is 9.53. The SMILES string of the molecule is Nc1ccccc1OC=Cc1ccccc1O. The summed E-state index contributed by atoms with van der Waals surface area (Å²) in [6.07, 6.45) is 3.18. The van der Waals surface area contributed by atoms with E-state index in [1.54, 1.807) is 36.4 Å². The summed E-state index contributed by atoms with van der Waals surface area (Å²) in [5.41, 5.74) is 7.00. The summed E-state index contributed by atoms with van der Waals surface area (Å²) in [6.45, 7) is 0. The molecule has 2 aromatic carbocycles. The molecule has 0 radical (unpaired) electrons. The van der Waals surface area contributed by atoms with Gasteiger partial charge in [-0.05, 0) is 24.3 Å². The number of hydrogen-bond acceptors (Lipinski definition) is 3. The third-order valence-corrected chi connectivity index (χ3v) is 2.30. The Morgan fingerprint density at radius 1 is 1.00 bits per heavy atom. The van der Waals surface area contributed by atoms with Gasteiger partial charge in [-0.25, -0.2) is 0 Å². The molecule has 3 nitrogen and oxygen atoms in total. The van der Waals surface area contributed by atoms with E-state index < -0.39 is 0 Å². The molecule has 0 aliphatic heterocycles. The molecule has 86 valence electrons. The fourth-order valence-corrected chi connectivity index (χ4v) is 1.40. The Kier molecular flexibility index (Phi) is 3.31. The van der Waals surface area contributed by atoms with E-state index >= 15 is 0 Å². The molecule has 2 rings (SSSR count). The van der Waals surface area contributed by atoms with Crippen molar-refractivity contribution in [3.63, 3.8) is 0 Å². The fraction of sp³-hybridized carbons (Fsp3) is 0. The van der Waals surface area contributed by atoms with E-state index in [4.69, 9.17) is 10.5 Å². The van der Waals surface area contributed by atoms with Crippen LogP contribution in [0.25, 0.3) is 6.08 Å². The summed E-state index contributed by atoms with van der Waals surface area (Å²) in [5.74, 6) is 0.813. The highest BCUT2D eigenvalue weighted by Crippen LogP contribution is 2.21. The van der Waals surface area contributed by atoms with Gasteiger partial charge in [0.2, 0.25) is 0 Å². The maximum Gasteiger partial charge on any atom is 0.149 e. The Morgan fingerprint density at radius 3 is 2.47 bits per heavy atom. The molecule has 17 heavy (non-hydrogen) atoms. The number of para-hydroxylation sites is 3. The molecule has 3 N–H and O–H groups in total. The predicted molar refractivity (Wildman–Crippen MR) is 68.6 cm³/mol. The highest BCUT2D eigenvalue weighted by Gasteiger charge is 1.96. The van der Waals surface area contributed by atoms with E-state index in [9.17, 15) is 5.11 Å². The average molecular weight is 227 g/mol. The highest BCUT2D eigenvalue weighted by atomic mass is 16.5. The van der Waals surface area contributed by atoms with Crippen LogP contribution < -0.4 is 10.5 Å². The first-order valence-electron chi connectivity index (χ1n) is 5.23. The summed E-state index contributed by atoms with van der Waals surface area (Å²) < 4.78 is 5.38.